The molecule has 1 aromatic carbocycles. The van der Waals surface area contributed by atoms with E-state index < -0.39 is 22.8 Å². The molecule has 0 atom stereocenters. The van der Waals surface area contributed by atoms with Crippen molar-refractivity contribution in [2.45, 2.75) is 13.8 Å². The second kappa shape index (κ2) is 10.0. The predicted octanol–water partition coefficient (Wildman–Crippen LogP) is 4.25. The number of amides is 4. The molecule has 0 saturated carbocycles. The van der Waals surface area contributed by atoms with Gasteiger partial charge in [-0.3, -0.25) is 30.0 Å². The maximum absolute atomic E-state index is 13.2. The molecule has 0 radical (unpaired) electrons. The number of imide groups is 2. The summed E-state index contributed by atoms with van der Waals surface area (Å²) in [4.78, 5) is 57.1. The molecule has 5 rings (SSSR count). The smallest absolute Gasteiger partial charge is 0.336 e. The molecule has 1 fully saturated rings. The monoisotopic (exact) mass is 524 g/mol. The van der Waals surface area contributed by atoms with Gasteiger partial charge < -0.3 is 9.30 Å². The summed E-state index contributed by atoms with van der Waals surface area (Å²) in [6.07, 6.45) is 5.46. The lowest BCUT2D eigenvalue weighted by Gasteiger charge is -2.26. The number of carbonyl (C=O) groups is 3. The first-order valence-corrected chi connectivity index (χ1v) is 11.6. The van der Waals surface area contributed by atoms with E-state index in [1.54, 1.807) is 24.3 Å². The lowest BCUT2D eigenvalue weighted by atomic mass is 10.1. The van der Waals surface area contributed by atoms with Gasteiger partial charge in [0.05, 0.1) is 16.8 Å². The largest absolute Gasteiger partial charge is 0.439 e. The van der Waals surface area contributed by atoms with Crippen molar-refractivity contribution < 1.29 is 24.0 Å². The number of nitrogens with one attached hydrogen (secondary N) is 1. The van der Waals surface area contributed by atoms with E-state index in [9.17, 15) is 24.5 Å². The van der Waals surface area contributed by atoms with Crippen molar-refractivity contribution in [2.24, 2.45) is 0 Å². The van der Waals surface area contributed by atoms with Gasteiger partial charge in [0.2, 0.25) is 5.88 Å². The Morgan fingerprint density at radius 1 is 1.00 bits per heavy atom. The van der Waals surface area contributed by atoms with E-state index in [0.717, 1.165) is 28.2 Å². The van der Waals surface area contributed by atoms with Crippen molar-refractivity contribution in [3.05, 3.63) is 106 Å². The van der Waals surface area contributed by atoms with E-state index in [-0.39, 0.29) is 22.8 Å². The van der Waals surface area contributed by atoms with Crippen molar-refractivity contribution in [3.8, 4) is 17.3 Å². The van der Waals surface area contributed by atoms with E-state index in [1.807, 2.05) is 36.6 Å². The summed E-state index contributed by atoms with van der Waals surface area (Å²) in [5.41, 5.74) is 2.95. The minimum atomic E-state index is -0.841. The van der Waals surface area contributed by atoms with Gasteiger partial charge in [0.25, 0.3) is 17.5 Å². The fourth-order valence-corrected chi connectivity index (χ4v) is 4.19. The highest BCUT2D eigenvalue weighted by molar-refractivity contribution is 6.39. The number of aryl methyl sites for hydroxylation is 1. The fourth-order valence-electron chi connectivity index (χ4n) is 4.19. The minimum absolute atomic E-state index is 0.134. The number of hydrogen-bond acceptors (Lipinski definition) is 8. The van der Waals surface area contributed by atoms with Gasteiger partial charge in [0.15, 0.2) is 0 Å². The van der Waals surface area contributed by atoms with Crippen LogP contribution in [0.5, 0.6) is 11.6 Å². The number of benzene rings is 1. The van der Waals surface area contributed by atoms with Crippen molar-refractivity contribution in [1.82, 2.24) is 19.9 Å². The van der Waals surface area contributed by atoms with Crippen LogP contribution in [-0.4, -0.2) is 37.3 Å². The summed E-state index contributed by atoms with van der Waals surface area (Å²) in [6.45, 7) is 3.73. The molecule has 0 aliphatic carbocycles. The van der Waals surface area contributed by atoms with E-state index in [2.05, 4.69) is 15.3 Å². The normalized spacial score (nSPS) is 14.5. The Balaban J connectivity index is 1.41. The van der Waals surface area contributed by atoms with Crippen LogP contribution >= 0.6 is 0 Å². The summed E-state index contributed by atoms with van der Waals surface area (Å²) in [5, 5.41) is 13.0. The van der Waals surface area contributed by atoms with Gasteiger partial charge in [0, 0.05) is 35.4 Å². The van der Waals surface area contributed by atoms with Gasteiger partial charge in [-0.2, -0.15) is 0 Å². The third-order valence-electron chi connectivity index (χ3n) is 6.02. The summed E-state index contributed by atoms with van der Waals surface area (Å²) in [5.74, 6) is -0.835. The Morgan fingerprint density at radius 2 is 1.77 bits per heavy atom. The number of nitrogens with zero attached hydrogens (tertiary/aromatic N) is 5. The predicted molar refractivity (Wildman–Crippen MR) is 139 cm³/mol. The third kappa shape index (κ3) is 4.85. The Labute approximate surface area is 221 Å². The fraction of sp³-hybridized carbons (Fsp3) is 0.0741. The number of carbonyl (C=O) groups excluding carboxylic acids is 3. The number of hydrogen-bond donors (Lipinski definition) is 1. The molecule has 4 aromatic rings. The van der Waals surface area contributed by atoms with Gasteiger partial charge in [-0.15, -0.1) is 0 Å². The first-order chi connectivity index (χ1) is 18.7. The summed E-state index contributed by atoms with van der Waals surface area (Å²) < 4.78 is 7.62. The van der Waals surface area contributed by atoms with E-state index in [4.69, 9.17) is 4.74 Å². The molecule has 0 bridgehead atoms. The van der Waals surface area contributed by atoms with Gasteiger partial charge in [0.1, 0.15) is 17.5 Å². The Hall–Kier alpha value is -5.65. The van der Waals surface area contributed by atoms with Crippen LogP contribution < -0.4 is 15.0 Å². The lowest BCUT2D eigenvalue weighted by molar-refractivity contribution is -0.385. The van der Waals surface area contributed by atoms with Crippen LogP contribution in [0.4, 0.5) is 16.2 Å². The molecule has 4 amide bonds. The van der Waals surface area contributed by atoms with Crippen LogP contribution in [0.25, 0.3) is 11.8 Å². The van der Waals surface area contributed by atoms with E-state index in [1.165, 1.54) is 30.6 Å². The summed E-state index contributed by atoms with van der Waals surface area (Å²) in [7, 11) is 0. The molecule has 4 heterocycles. The van der Waals surface area contributed by atoms with Gasteiger partial charge in [-0.05, 0) is 68.0 Å². The second-order valence-electron chi connectivity index (χ2n) is 8.54. The maximum Gasteiger partial charge on any atom is 0.336 e. The zero-order valence-corrected chi connectivity index (χ0v) is 20.7. The summed E-state index contributed by atoms with van der Waals surface area (Å²) in [6, 6.07) is 13.9. The zero-order valence-electron chi connectivity index (χ0n) is 20.7. The molecule has 194 valence electrons. The number of aromatic nitrogens is 3. The summed E-state index contributed by atoms with van der Waals surface area (Å²) >= 11 is 0. The molecule has 39 heavy (non-hydrogen) atoms. The zero-order chi connectivity index (χ0) is 27.7. The molecule has 12 nitrogen and oxygen atoms in total. The van der Waals surface area contributed by atoms with E-state index in [0.29, 0.717) is 11.3 Å². The SMILES string of the molecule is Cc1cc(/C=C2\C(=O)NC(=O)N(c3cccnc3)C2=O)c(C)n1-c1ccc(Oc2ccc([N+](=O)[O-])cn2)cc1. The molecule has 1 saturated heterocycles. The van der Waals surface area contributed by atoms with Crippen molar-refractivity contribution >= 4 is 35.3 Å². The number of urea groups is 1. The molecule has 12 heteroatoms. The number of anilines is 1. The molecule has 0 spiro atoms. The average molecular weight is 524 g/mol. The van der Waals surface area contributed by atoms with Crippen molar-refractivity contribution in [1.29, 1.82) is 0 Å². The van der Waals surface area contributed by atoms with Crippen LogP contribution in [0.1, 0.15) is 17.0 Å². The van der Waals surface area contributed by atoms with Crippen LogP contribution in [-0.2, 0) is 9.59 Å². The topological polar surface area (TPSA) is 150 Å². The second-order valence-corrected chi connectivity index (χ2v) is 8.54. The van der Waals surface area contributed by atoms with Crippen LogP contribution in [0.15, 0.2) is 78.8 Å². The van der Waals surface area contributed by atoms with Crippen molar-refractivity contribution in [2.75, 3.05) is 4.90 Å². The first kappa shape index (κ1) is 25.0. The Morgan fingerprint density at radius 3 is 2.41 bits per heavy atom. The first-order valence-electron chi connectivity index (χ1n) is 11.6. The highest BCUT2D eigenvalue weighted by atomic mass is 16.6. The Kier molecular flexibility index (Phi) is 6.42. The molecule has 1 aliphatic heterocycles. The maximum atomic E-state index is 13.2. The molecular weight excluding hydrogens is 504 g/mol. The molecule has 1 N–H and O–H groups in total. The van der Waals surface area contributed by atoms with Gasteiger partial charge in [-0.25, -0.2) is 14.7 Å². The minimum Gasteiger partial charge on any atom is -0.439 e. The lowest BCUT2D eigenvalue weighted by Crippen LogP contribution is -2.54. The number of ether oxygens (including phenoxy) is 1. The third-order valence-corrected chi connectivity index (χ3v) is 6.02. The molecule has 0 unspecified atom stereocenters. The van der Waals surface area contributed by atoms with Gasteiger partial charge in [-0.1, -0.05) is 0 Å². The van der Waals surface area contributed by atoms with Gasteiger partial charge >= 0.3 is 6.03 Å². The van der Waals surface area contributed by atoms with Crippen molar-refractivity contribution in [3.63, 3.8) is 0 Å². The highest BCUT2D eigenvalue weighted by Gasteiger charge is 2.37. The quantitative estimate of drug-likeness (QED) is 0.170. The number of barbiturate groups is 1. The molecular formula is C27H20N6O6. The number of nitro groups is 1. The van der Waals surface area contributed by atoms with Crippen LogP contribution in [0, 0.1) is 24.0 Å². The molecule has 1 aliphatic rings. The standard InChI is InChI=1S/C27H20N6O6/c1-16-12-18(13-23-25(34)30-27(36)32(26(23)35)20-4-3-11-28-14-20)17(2)31(16)19-5-8-22(9-6-19)39-24-10-7-21(15-29-24)33(37)38/h3-15H,1-2H3,(H,30,34,36)/b23-13+. The highest BCUT2D eigenvalue weighted by Crippen LogP contribution is 2.28. The average Bonchev–Trinajstić information content (AvgIpc) is 3.20. The van der Waals surface area contributed by atoms with Crippen LogP contribution in [0.3, 0.4) is 0 Å². The Bertz CT molecular complexity index is 1640. The molecule has 3 aromatic heterocycles. The number of rotatable bonds is 6. The van der Waals surface area contributed by atoms with Crippen LogP contribution in [0.2, 0.25) is 0 Å². The number of pyridine rings is 2. The van der Waals surface area contributed by atoms with E-state index >= 15 is 0 Å².